The Kier molecular flexibility index (Phi) is 4.80. The molecule has 0 bridgehead atoms. The van der Waals surface area contributed by atoms with E-state index in [0.717, 1.165) is 39.0 Å². The van der Waals surface area contributed by atoms with Crippen LogP contribution >= 0.6 is 0 Å². The van der Waals surface area contributed by atoms with Crippen LogP contribution in [-0.2, 0) is 13.0 Å². The lowest BCUT2D eigenvalue weighted by molar-refractivity contribution is 0.340. The molecule has 2 aromatic heterocycles. The molecule has 0 saturated heterocycles. The van der Waals surface area contributed by atoms with E-state index in [9.17, 15) is 9.90 Å². The number of hydrogen-bond donors (Lipinski definition) is 2. The second kappa shape index (κ2) is 7.99. The number of imidazole rings is 1. The van der Waals surface area contributed by atoms with Gasteiger partial charge in [-0.15, -0.1) is 0 Å². The van der Waals surface area contributed by atoms with E-state index < -0.39 is 0 Å². The summed E-state index contributed by atoms with van der Waals surface area (Å²) in [5.74, 6) is 0.816. The van der Waals surface area contributed by atoms with E-state index in [2.05, 4.69) is 11.1 Å². The van der Waals surface area contributed by atoms with Gasteiger partial charge in [-0.2, -0.15) is 0 Å². The number of hydrogen-bond acceptors (Lipinski definition) is 3. The Morgan fingerprint density at radius 2 is 1.74 bits per heavy atom. The minimum absolute atomic E-state index is 0.0284. The quantitative estimate of drug-likeness (QED) is 0.395. The van der Waals surface area contributed by atoms with Crippen LogP contribution in [0.2, 0.25) is 0 Å². The lowest BCUT2D eigenvalue weighted by Gasteiger charge is -2.26. The van der Waals surface area contributed by atoms with Crippen molar-refractivity contribution in [3.05, 3.63) is 117 Å². The molecule has 170 valence electrons. The van der Waals surface area contributed by atoms with Crippen molar-refractivity contribution in [3.8, 4) is 11.6 Å². The average Bonchev–Trinajstić information content (AvgIpc) is 3.35. The molecule has 0 fully saturated rings. The van der Waals surface area contributed by atoms with Gasteiger partial charge >= 0.3 is 5.69 Å². The van der Waals surface area contributed by atoms with Crippen molar-refractivity contribution in [2.75, 3.05) is 6.61 Å². The number of H-pyrrole nitrogens is 1. The summed E-state index contributed by atoms with van der Waals surface area (Å²) in [4.78, 5) is 17.3. The third-order valence-electron chi connectivity index (χ3n) is 6.65. The van der Waals surface area contributed by atoms with Gasteiger partial charge in [0.1, 0.15) is 11.8 Å². The van der Waals surface area contributed by atoms with Gasteiger partial charge in [0, 0.05) is 23.0 Å². The van der Waals surface area contributed by atoms with Crippen molar-refractivity contribution in [2.45, 2.75) is 25.9 Å². The summed E-state index contributed by atoms with van der Waals surface area (Å²) in [6, 6.07) is 25.4. The van der Waals surface area contributed by atoms with Crippen LogP contribution in [0.1, 0.15) is 41.0 Å². The van der Waals surface area contributed by atoms with E-state index in [-0.39, 0.29) is 17.6 Å². The summed E-state index contributed by atoms with van der Waals surface area (Å²) < 4.78 is 8.84. The molecule has 34 heavy (non-hydrogen) atoms. The summed E-state index contributed by atoms with van der Waals surface area (Å²) in [5, 5.41) is 12.4. The fraction of sp³-hybridized carbons (Fsp3) is 0.179. The van der Waals surface area contributed by atoms with Crippen LogP contribution in [0.3, 0.4) is 0 Å². The third kappa shape index (κ3) is 3.14. The van der Waals surface area contributed by atoms with Crippen LogP contribution < -0.4 is 10.4 Å². The molecule has 6 rings (SSSR count). The second-order valence-electron chi connectivity index (χ2n) is 8.64. The first kappa shape index (κ1) is 20.4. The molecule has 0 saturated carbocycles. The molecular weight excluding hydrogens is 426 g/mol. The summed E-state index contributed by atoms with van der Waals surface area (Å²) in [7, 11) is 0. The van der Waals surface area contributed by atoms with Crippen molar-refractivity contribution < 1.29 is 9.84 Å². The fourth-order valence-electron chi connectivity index (χ4n) is 5.11. The third-order valence-corrected chi connectivity index (χ3v) is 6.65. The maximum atomic E-state index is 13.7. The predicted molar refractivity (Wildman–Crippen MR) is 132 cm³/mol. The number of nitrogens with one attached hydrogen (secondary N) is 1. The Morgan fingerprint density at radius 3 is 2.50 bits per heavy atom. The smallest absolute Gasteiger partial charge is 0.332 e. The lowest BCUT2D eigenvalue weighted by atomic mass is 9.93. The number of fused-ring (bicyclic) bond motifs is 4. The van der Waals surface area contributed by atoms with Crippen molar-refractivity contribution in [1.82, 2.24) is 14.1 Å². The molecule has 0 radical (unpaired) electrons. The first-order chi connectivity index (χ1) is 16.7. The van der Waals surface area contributed by atoms with Gasteiger partial charge in [0.2, 0.25) is 5.88 Å². The highest BCUT2D eigenvalue weighted by atomic mass is 16.5. The highest BCUT2D eigenvalue weighted by Gasteiger charge is 2.35. The van der Waals surface area contributed by atoms with Crippen LogP contribution in [0.25, 0.3) is 10.9 Å². The normalized spacial score (nSPS) is 14.7. The molecule has 1 aliphatic rings. The molecule has 0 unspecified atom stereocenters. The van der Waals surface area contributed by atoms with Crippen LogP contribution in [0.15, 0.2) is 83.7 Å². The molecule has 2 N–H and O–H groups in total. The number of aromatic amines is 1. The summed E-state index contributed by atoms with van der Waals surface area (Å²) >= 11 is 0. The topological polar surface area (TPSA) is 72.2 Å². The molecule has 1 aliphatic heterocycles. The molecule has 3 heterocycles. The summed E-state index contributed by atoms with van der Waals surface area (Å²) in [5.41, 5.74) is 5.45. The van der Waals surface area contributed by atoms with Crippen LogP contribution in [-0.4, -0.2) is 25.8 Å². The Labute approximate surface area is 196 Å². The van der Waals surface area contributed by atoms with Crippen LogP contribution in [0.5, 0.6) is 11.6 Å². The maximum absolute atomic E-state index is 13.7. The molecule has 0 amide bonds. The number of nitrogens with zero attached hydrogens (tertiary/aromatic N) is 2. The van der Waals surface area contributed by atoms with Crippen molar-refractivity contribution in [3.63, 3.8) is 0 Å². The first-order valence-corrected chi connectivity index (χ1v) is 11.5. The Morgan fingerprint density at radius 1 is 1.00 bits per heavy atom. The van der Waals surface area contributed by atoms with Crippen LogP contribution in [0, 0.1) is 0 Å². The van der Waals surface area contributed by atoms with Gasteiger partial charge in [0.05, 0.1) is 18.8 Å². The fourth-order valence-corrected chi connectivity index (χ4v) is 5.11. The monoisotopic (exact) mass is 451 g/mol. The molecular formula is C28H25N3O3. The van der Waals surface area contributed by atoms with Gasteiger partial charge in [-0.25, -0.2) is 4.79 Å². The number of aromatic nitrogens is 3. The molecule has 6 heteroatoms. The molecule has 1 atom stereocenters. The number of benzene rings is 3. The Hall–Kier alpha value is -4.19. The van der Waals surface area contributed by atoms with Crippen molar-refractivity contribution >= 4 is 10.9 Å². The SMILES string of the molecule is CCOc1ccc([C@@H]2c3[nH]c4ccccc4c3Cc3c(O)n(Cc4ccccc4)c(=O)n32)cc1. The number of ether oxygens (including phenoxy) is 1. The zero-order chi connectivity index (χ0) is 23.2. The van der Waals surface area contributed by atoms with Crippen molar-refractivity contribution in [1.29, 1.82) is 0 Å². The maximum Gasteiger partial charge on any atom is 0.332 e. The van der Waals surface area contributed by atoms with Crippen molar-refractivity contribution in [2.24, 2.45) is 0 Å². The Bertz CT molecular complexity index is 1540. The first-order valence-electron chi connectivity index (χ1n) is 11.5. The molecule has 0 spiro atoms. The summed E-state index contributed by atoms with van der Waals surface area (Å²) in [6.45, 7) is 2.86. The molecule has 5 aromatic rings. The number of aromatic hydroxyl groups is 1. The lowest BCUT2D eigenvalue weighted by Crippen LogP contribution is -2.32. The standard InChI is InChI=1S/C28H25N3O3/c1-2-34-20-14-12-19(13-15-20)26-25-22(21-10-6-7-11-23(21)29-25)16-24-27(32)30(28(33)31(24)26)17-18-8-4-3-5-9-18/h3-15,26,29,32H,2,16-17H2,1H3/t26-/m1/s1. The number of rotatable bonds is 5. The van der Waals surface area contributed by atoms with E-state index in [1.165, 1.54) is 4.57 Å². The van der Waals surface area contributed by atoms with Gasteiger partial charge in [0.25, 0.3) is 0 Å². The van der Waals surface area contributed by atoms with E-state index >= 15 is 0 Å². The van der Waals surface area contributed by atoms with Crippen LogP contribution in [0.4, 0.5) is 0 Å². The second-order valence-corrected chi connectivity index (χ2v) is 8.64. The van der Waals surface area contributed by atoms with E-state index in [0.29, 0.717) is 25.3 Å². The largest absolute Gasteiger partial charge is 0.494 e. The average molecular weight is 452 g/mol. The predicted octanol–water partition coefficient (Wildman–Crippen LogP) is 4.83. The van der Waals surface area contributed by atoms with Gasteiger partial charge in [-0.3, -0.25) is 9.13 Å². The highest BCUT2D eigenvalue weighted by Crippen LogP contribution is 2.41. The molecule has 3 aromatic carbocycles. The van der Waals surface area contributed by atoms with Gasteiger partial charge in [-0.1, -0.05) is 60.7 Å². The van der Waals surface area contributed by atoms with Gasteiger partial charge in [-0.05, 0) is 41.8 Å². The number of para-hydroxylation sites is 1. The zero-order valence-corrected chi connectivity index (χ0v) is 18.9. The molecule has 6 nitrogen and oxygen atoms in total. The summed E-state index contributed by atoms with van der Waals surface area (Å²) in [6.07, 6.45) is 0.482. The zero-order valence-electron chi connectivity index (χ0n) is 18.9. The minimum Gasteiger partial charge on any atom is -0.494 e. The minimum atomic E-state index is -0.378. The highest BCUT2D eigenvalue weighted by molar-refractivity contribution is 5.86. The van der Waals surface area contributed by atoms with E-state index in [4.69, 9.17) is 4.74 Å². The van der Waals surface area contributed by atoms with E-state index in [1.54, 1.807) is 4.57 Å². The Balaban J connectivity index is 1.56. The van der Waals surface area contributed by atoms with E-state index in [1.807, 2.05) is 79.7 Å². The molecule has 0 aliphatic carbocycles. The van der Waals surface area contributed by atoms with Gasteiger partial charge < -0.3 is 14.8 Å². The van der Waals surface area contributed by atoms with Gasteiger partial charge in [0.15, 0.2) is 0 Å².